The standard InChI is InChI=1S/C20H17BrO3/c1-3-8-24-20-17(21)10-13(11-18(20)23-2)9-15-12-14-6-4-5-7-16(14)19(15)22/h3-7,9-11H,1,8,12H2,2H3. The van der Waals surface area contributed by atoms with Gasteiger partial charge in [0.05, 0.1) is 11.6 Å². The number of hydrogen-bond acceptors (Lipinski definition) is 3. The van der Waals surface area contributed by atoms with Crippen molar-refractivity contribution in [1.29, 1.82) is 0 Å². The molecule has 1 aliphatic rings. The third-order valence-corrected chi connectivity index (χ3v) is 4.46. The summed E-state index contributed by atoms with van der Waals surface area (Å²) in [6.07, 6.45) is 4.24. The molecule has 0 spiro atoms. The van der Waals surface area contributed by atoms with Crippen LogP contribution in [0.3, 0.4) is 0 Å². The lowest BCUT2D eigenvalue weighted by Crippen LogP contribution is -1.98. The fourth-order valence-electron chi connectivity index (χ4n) is 2.78. The molecular weight excluding hydrogens is 368 g/mol. The van der Waals surface area contributed by atoms with Gasteiger partial charge in [0.2, 0.25) is 0 Å². The van der Waals surface area contributed by atoms with Gasteiger partial charge >= 0.3 is 0 Å². The van der Waals surface area contributed by atoms with Crippen molar-refractivity contribution in [3.63, 3.8) is 0 Å². The molecule has 2 aromatic rings. The Labute approximate surface area is 149 Å². The zero-order valence-electron chi connectivity index (χ0n) is 13.3. The molecule has 0 atom stereocenters. The molecule has 0 heterocycles. The molecule has 4 heteroatoms. The summed E-state index contributed by atoms with van der Waals surface area (Å²) in [7, 11) is 1.59. The SMILES string of the molecule is C=CCOc1c(Br)cc(C=C2Cc3ccccc3C2=O)cc1OC. The van der Waals surface area contributed by atoms with Crippen LogP contribution in [-0.2, 0) is 6.42 Å². The first-order valence-electron chi connectivity index (χ1n) is 7.58. The predicted molar refractivity (Wildman–Crippen MR) is 98.8 cm³/mol. The molecule has 0 aliphatic heterocycles. The zero-order chi connectivity index (χ0) is 17.1. The summed E-state index contributed by atoms with van der Waals surface area (Å²) >= 11 is 3.51. The van der Waals surface area contributed by atoms with E-state index in [4.69, 9.17) is 9.47 Å². The van der Waals surface area contributed by atoms with Crippen molar-refractivity contribution < 1.29 is 14.3 Å². The van der Waals surface area contributed by atoms with E-state index in [2.05, 4.69) is 22.5 Å². The molecule has 0 aromatic heterocycles. The van der Waals surface area contributed by atoms with Crippen molar-refractivity contribution in [2.75, 3.05) is 13.7 Å². The molecule has 0 saturated carbocycles. The quantitative estimate of drug-likeness (QED) is 0.546. The van der Waals surface area contributed by atoms with E-state index in [-0.39, 0.29) is 5.78 Å². The Morgan fingerprint density at radius 1 is 1.29 bits per heavy atom. The number of halogens is 1. The van der Waals surface area contributed by atoms with E-state index in [1.807, 2.05) is 42.5 Å². The van der Waals surface area contributed by atoms with Gasteiger partial charge in [0.25, 0.3) is 0 Å². The molecule has 0 unspecified atom stereocenters. The highest BCUT2D eigenvalue weighted by molar-refractivity contribution is 9.10. The number of allylic oxidation sites excluding steroid dienone is 1. The van der Waals surface area contributed by atoms with Gasteiger partial charge in [0.15, 0.2) is 17.3 Å². The molecule has 3 nitrogen and oxygen atoms in total. The average molecular weight is 385 g/mol. The Hall–Kier alpha value is -2.33. The highest BCUT2D eigenvalue weighted by Gasteiger charge is 2.24. The summed E-state index contributed by atoms with van der Waals surface area (Å²) in [5.41, 5.74) is 3.54. The highest BCUT2D eigenvalue weighted by atomic mass is 79.9. The lowest BCUT2D eigenvalue weighted by molar-refractivity contribution is 0.104. The van der Waals surface area contributed by atoms with E-state index >= 15 is 0 Å². The van der Waals surface area contributed by atoms with E-state index in [0.717, 1.165) is 26.7 Å². The van der Waals surface area contributed by atoms with Crippen LogP contribution in [-0.4, -0.2) is 19.5 Å². The number of benzene rings is 2. The summed E-state index contributed by atoms with van der Waals surface area (Å²) in [4.78, 5) is 12.5. The molecule has 0 amide bonds. The van der Waals surface area contributed by atoms with E-state index < -0.39 is 0 Å². The van der Waals surface area contributed by atoms with E-state index in [0.29, 0.717) is 24.5 Å². The maximum Gasteiger partial charge on any atom is 0.189 e. The van der Waals surface area contributed by atoms with Crippen molar-refractivity contribution in [3.05, 3.63) is 75.8 Å². The van der Waals surface area contributed by atoms with E-state index in [1.54, 1.807) is 13.2 Å². The van der Waals surface area contributed by atoms with Crippen molar-refractivity contribution in [2.45, 2.75) is 6.42 Å². The number of fused-ring (bicyclic) bond motifs is 1. The fourth-order valence-corrected chi connectivity index (χ4v) is 3.35. The first-order chi connectivity index (χ1) is 11.6. The number of Topliss-reactive ketones (excluding diaryl/α,β-unsaturated/α-hetero) is 1. The predicted octanol–water partition coefficient (Wildman–Crippen LogP) is 4.84. The zero-order valence-corrected chi connectivity index (χ0v) is 14.9. The van der Waals surface area contributed by atoms with Gasteiger partial charge in [-0.3, -0.25) is 4.79 Å². The van der Waals surface area contributed by atoms with Gasteiger partial charge in [-0.15, -0.1) is 0 Å². The number of hydrogen-bond donors (Lipinski definition) is 0. The van der Waals surface area contributed by atoms with Crippen LogP contribution in [0.4, 0.5) is 0 Å². The Morgan fingerprint density at radius 2 is 2.08 bits per heavy atom. The van der Waals surface area contributed by atoms with Gasteiger partial charge in [-0.05, 0) is 45.3 Å². The Morgan fingerprint density at radius 3 is 2.79 bits per heavy atom. The van der Waals surface area contributed by atoms with Crippen LogP contribution in [0.2, 0.25) is 0 Å². The maximum absolute atomic E-state index is 12.5. The van der Waals surface area contributed by atoms with Crippen molar-refractivity contribution in [3.8, 4) is 11.5 Å². The lowest BCUT2D eigenvalue weighted by atomic mass is 10.1. The van der Waals surface area contributed by atoms with Gasteiger partial charge in [-0.2, -0.15) is 0 Å². The number of ketones is 1. The second-order valence-corrected chi connectivity index (χ2v) is 6.32. The smallest absolute Gasteiger partial charge is 0.189 e. The van der Waals surface area contributed by atoms with Crippen LogP contribution in [0.15, 0.2) is 59.1 Å². The van der Waals surface area contributed by atoms with Crippen LogP contribution in [0.1, 0.15) is 21.5 Å². The number of methoxy groups -OCH3 is 1. The molecule has 0 fully saturated rings. The Kier molecular flexibility index (Phi) is 4.86. The van der Waals surface area contributed by atoms with Crippen LogP contribution >= 0.6 is 15.9 Å². The minimum Gasteiger partial charge on any atom is -0.493 e. The number of carbonyl (C=O) groups excluding carboxylic acids is 1. The molecule has 122 valence electrons. The Bertz CT molecular complexity index is 837. The molecule has 0 N–H and O–H groups in total. The molecule has 0 saturated heterocycles. The number of carbonyl (C=O) groups is 1. The van der Waals surface area contributed by atoms with Crippen LogP contribution in [0, 0.1) is 0 Å². The summed E-state index contributed by atoms with van der Waals surface area (Å²) in [6, 6.07) is 11.5. The highest BCUT2D eigenvalue weighted by Crippen LogP contribution is 2.38. The van der Waals surface area contributed by atoms with Crippen molar-refractivity contribution >= 4 is 27.8 Å². The van der Waals surface area contributed by atoms with Gasteiger partial charge in [-0.25, -0.2) is 0 Å². The van der Waals surface area contributed by atoms with Crippen LogP contribution in [0.5, 0.6) is 11.5 Å². The normalized spacial score (nSPS) is 14.6. The molecule has 1 aliphatic carbocycles. The topological polar surface area (TPSA) is 35.5 Å². The Balaban J connectivity index is 1.95. The first-order valence-corrected chi connectivity index (χ1v) is 8.37. The van der Waals surface area contributed by atoms with Gasteiger partial charge in [0.1, 0.15) is 6.61 Å². The van der Waals surface area contributed by atoms with Gasteiger partial charge in [0, 0.05) is 17.6 Å². The second-order valence-electron chi connectivity index (χ2n) is 5.47. The van der Waals surface area contributed by atoms with E-state index in [9.17, 15) is 4.79 Å². The fraction of sp³-hybridized carbons (Fsp3) is 0.150. The maximum atomic E-state index is 12.5. The molecule has 3 rings (SSSR count). The van der Waals surface area contributed by atoms with Gasteiger partial charge < -0.3 is 9.47 Å². The number of rotatable bonds is 5. The second kappa shape index (κ2) is 7.05. The third-order valence-electron chi connectivity index (χ3n) is 3.87. The summed E-state index contributed by atoms with van der Waals surface area (Å²) in [5.74, 6) is 1.33. The van der Waals surface area contributed by atoms with Crippen molar-refractivity contribution in [2.24, 2.45) is 0 Å². The first kappa shape index (κ1) is 16.5. The molecule has 0 radical (unpaired) electrons. The minimum absolute atomic E-state index is 0.0904. The van der Waals surface area contributed by atoms with Crippen molar-refractivity contribution in [1.82, 2.24) is 0 Å². The summed E-state index contributed by atoms with van der Waals surface area (Å²) in [6.45, 7) is 4.04. The van der Waals surface area contributed by atoms with E-state index in [1.165, 1.54) is 0 Å². The largest absolute Gasteiger partial charge is 0.493 e. The lowest BCUT2D eigenvalue weighted by Gasteiger charge is -2.12. The van der Waals surface area contributed by atoms with Crippen LogP contribution in [0.25, 0.3) is 6.08 Å². The molecule has 0 bridgehead atoms. The molecular formula is C20H17BrO3. The van der Waals surface area contributed by atoms with Crippen LogP contribution < -0.4 is 9.47 Å². The molecule has 2 aromatic carbocycles. The third kappa shape index (κ3) is 3.15. The summed E-state index contributed by atoms with van der Waals surface area (Å²) in [5, 5.41) is 0. The monoisotopic (exact) mass is 384 g/mol. The number of ether oxygens (including phenoxy) is 2. The molecule has 24 heavy (non-hydrogen) atoms. The minimum atomic E-state index is 0.0904. The van der Waals surface area contributed by atoms with Gasteiger partial charge in [-0.1, -0.05) is 36.9 Å². The average Bonchev–Trinajstić information content (AvgIpc) is 2.90. The summed E-state index contributed by atoms with van der Waals surface area (Å²) < 4.78 is 11.8.